The number of hydrogen-bond donors (Lipinski definition) is 2. The zero-order valence-corrected chi connectivity index (χ0v) is 13.6. The number of amides is 1. The number of thiocarbonyl (C=S) groups is 1. The Morgan fingerprint density at radius 2 is 2.14 bits per heavy atom. The quantitative estimate of drug-likeness (QED) is 0.834. The highest BCUT2D eigenvalue weighted by Gasteiger charge is 2.22. The Bertz CT molecular complexity index is 542. The second kappa shape index (κ2) is 7.09. The van der Waals surface area contributed by atoms with Crippen molar-refractivity contribution in [2.75, 3.05) is 24.5 Å². The van der Waals surface area contributed by atoms with Crippen molar-refractivity contribution < 1.29 is 4.79 Å². The third-order valence-electron chi connectivity index (χ3n) is 3.82. The maximum atomic E-state index is 11.0. The average molecular weight is 326 g/mol. The zero-order valence-electron chi connectivity index (χ0n) is 12.1. The van der Waals surface area contributed by atoms with Gasteiger partial charge in [-0.2, -0.15) is 0 Å². The van der Waals surface area contributed by atoms with Gasteiger partial charge in [0.1, 0.15) is 4.99 Å². The van der Waals surface area contributed by atoms with Gasteiger partial charge in [0.05, 0.1) is 0 Å². The fourth-order valence-electron chi connectivity index (χ4n) is 2.64. The maximum absolute atomic E-state index is 11.0. The van der Waals surface area contributed by atoms with Gasteiger partial charge in [-0.1, -0.05) is 23.8 Å². The minimum Gasteiger partial charge on any atom is -0.389 e. The number of nitrogens with two attached hydrogens (primary N) is 1. The molecule has 1 aromatic carbocycles. The van der Waals surface area contributed by atoms with E-state index in [-0.39, 0.29) is 5.91 Å². The van der Waals surface area contributed by atoms with Crippen LogP contribution in [0, 0.1) is 5.92 Å². The van der Waals surface area contributed by atoms with Crippen LogP contribution in [0.5, 0.6) is 0 Å². The van der Waals surface area contributed by atoms with Crippen LogP contribution in [0.3, 0.4) is 0 Å². The van der Waals surface area contributed by atoms with Crippen LogP contribution in [0.15, 0.2) is 18.2 Å². The highest BCUT2D eigenvalue weighted by molar-refractivity contribution is 7.80. The molecule has 1 heterocycles. The Hall–Kier alpha value is -1.33. The van der Waals surface area contributed by atoms with E-state index in [1.807, 2.05) is 18.2 Å². The third kappa shape index (κ3) is 4.32. The summed E-state index contributed by atoms with van der Waals surface area (Å²) in [4.78, 5) is 13.6. The molecule has 1 amide bonds. The van der Waals surface area contributed by atoms with E-state index >= 15 is 0 Å². The molecule has 3 N–H and O–H groups in total. The van der Waals surface area contributed by atoms with Crippen LogP contribution in [-0.2, 0) is 4.79 Å². The number of piperidine rings is 1. The van der Waals surface area contributed by atoms with Crippen molar-refractivity contribution in [1.82, 2.24) is 5.32 Å². The summed E-state index contributed by atoms with van der Waals surface area (Å²) in [5.41, 5.74) is 7.67. The number of rotatable bonds is 4. The molecule has 21 heavy (non-hydrogen) atoms. The first-order chi connectivity index (χ1) is 9.97. The van der Waals surface area contributed by atoms with Crippen molar-refractivity contribution >= 4 is 40.4 Å². The molecule has 0 aliphatic carbocycles. The molecule has 1 aliphatic rings. The van der Waals surface area contributed by atoms with Gasteiger partial charge in [0.2, 0.25) is 5.91 Å². The molecule has 6 heteroatoms. The van der Waals surface area contributed by atoms with Crippen molar-refractivity contribution in [3.63, 3.8) is 0 Å². The van der Waals surface area contributed by atoms with Crippen LogP contribution in [-0.4, -0.2) is 30.5 Å². The van der Waals surface area contributed by atoms with Crippen molar-refractivity contribution in [3.8, 4) is 0 Å². The molecule has 0 unspecified atom stereocenters. The minimum atomic E-state index is 0.0306. The van der Waals surface area contributed by atoms with E-state index in [2.05, 4.69) is 10.2 Å². The van der Waals surface area contributed by atoms with E-state index in [0.29, 0.717) is 15.9 Å². The summed E-state index contributed by atoms with van der Waals surface area (Å²) >= 11 is 11.2. The first-order valence-electron chi connectivity index (χ1n) is 7.06. The summed E-state index contributed by atoms with van der Waals surface area (Å²) in [6, 6.07) is 5.61. The molecule has 0 spiro atoms. The summed E-state index contributed by atoms with van der Waals surface area (Å²) < 4.78 is 0. The molecule has 0 bridgehead atoms. The van der Waals surface area contributed by atoms with E-state index in [9.17, 15) is 4.79 Å². The summed E-state index contributed by atoms with van der Waals surface area (Å²) in [5.74, 6) is 0.556. The molecule has 0 saturated carbocycles. The lowest BCUT2D eigenvalue weighted by Crippen LogP contribution is -2.39. The van der Waals surface area contributed by atoms with Gasteiger partial charge in [-0.15, -0.1) is 0 Å². The molecule has 0 atom stereocenters. The van der Waals surface area contributed by atoms with Crippen LogP contribution in [0.1, 0.15) is 25.3 Å². The molecule has 0 radical (unpaired) electrons. The van der Waals surface area contributed by atoms with Gasteiger partial charge in [-0.05, 0) is 37.0 Å². The lowest BCUT2D eigenvalue weighted by atomic mass is 9.95. The molecule has 0 aromatic heterocycles. The van der Waals surface area contributed by atoms with E-state index < -0.39 is 0 Å². The zero-order chi connectivity index (χ0) is 15.4. The van der Waals surface area contributed by atoms with Crippen LogP contribution >= 0.6 is 23.8 Å². The average Bonchev–Trinajstić information content (AvgIpc) is 2.45. The number of benzene rings is 1. The van der Waals surface area contributed by atoms with Gasteiger partial charge < -0.3 is 16.0 Å². The number of anilines is 1. The molecule has 114 valence electrons. The number of carbonyl (C=O) groups excluding carboxylic acids is 1. The van der Waals surface area contributed by atoms with Crippen molar-refractivity contribution in [2.24, 2.45) is 11.7 Å². The van der Waals surface area contributed by atoms with Gasteiger partial charge in [-0.25, -0.2) is 0 Å². The molecular formula is C15H20ClN3OS. The number of nitrogens with one attached hydrogen (secondary N) is 1. The predicted molar refractivity (Wildman–Crippen MR) is 91.0 cm³/mol. The van der Waals surface area contributed by atoms with Gasteiger partial charge in [0.15, 0.2) is 0 Å². The second-order valence-corrected chi connectivity index (χ2v) is 6.27. The predicted octanol–water partition coefficient (Wildman–Crippen LogP) is 2.33. The fraction of sp³-hybridized carbons (Fsp3) is 0.467. The largest absolute Gasteiger partial charge is 0.389 e. The number of carbonyl (C=O) groups is 1. The van der Waals surface area contributed by atoms with Gasteiger partial charge in [0, 0.05) is 42.8 Å². The minimum absolute atomic E-state index is 0.0306. The number of nitrogens with zero attached hydrogens (tertiary/aromatic N) is 1. The van der Waals surface area contributed by atoms with Crippen LogP contribution in [0.25, 0.3) is 0 Å². The SMILES string of the molecule is CC(=O)NCC1CCN(c2cc(Cl)ccc2C(N)=S)CC1. The molecule has 1 aromatic rings. The Kier molecular flexibility index (Phi) is 5.42. The van der Waals surface area contributed by atoms with Gasteiger partial charge in [0.25, 0.3) is 0 Å². The van der Waals surface area contributed by atoms with E-state index in [1.165, 1.54) is 0 Å². The normalized spacial score (nSPS) is 15.8. The maximum Gasteiger partial charge on any atom is 0.216 e. The van der Waals surface area contributed by atoms with Crippen molar-refractivity contribution in [3.05, 3.63) is 28.8 Å². The fourth-order valence-corrected chi connectivity index (χ4v) is 2.98. The Morgan fingerprint density at radius 3 is 2.71 bits per heavy atom. The highest BCUT2D eigenvalue weighted by atomic mass is 35.5. The molecule has 1 fully saturated rings. The summed E-state index contributed by atoms with van der Waals surface area (Å²) in [6.07, 6.45) is 2.06. The first-order valence-corrected chi connectivity index (χ1v) is 7.84. The van der Waals surface area contributed by atoms with Crippen molar-refractivity contribution in [1.29, 1.82) is 0 Å². The van der Waals surface area contributed by atoms with E-state index in [0.717, 1.165) is 43.7 Å². The van der Waals surface area contributed by atoms with Gasteiger partial charge in [-0.3, -0.25) is 4.79 Å². The van der Waals surface area contributed by atoms with Crippen molar-refractivity contribution in [2.45, 2.75) is 19.8 Å². The smallest absolute Gasteiger partial charge is 0.216 e. The van der Waals surface area contributed by atoms with Crippen LogP contribution in [0.4, 0.5) is 5.69 Å². The Balaban J connectivity index is 2.03. The Morgan fingerprint density at radius 1 is 1.48 bits per heavy atom. The second-order valence-electron chi connectivity index (χ2n) is 5.39. The monoisotopic (exact) mass is 325 g/mol. The lowest BCUT2D eigenvalue weighted by Gasteiger charge is -2.34. The van der Waals surface area contributed by atoms with Crippen LogP contribution in [0.2, 0.25) is 5.02 Å². The lowest BCUT2D eigenvalue weighted by molar-refractivity contribution is -0.119. The summed E-state index contributed by atoms with van der Waals surface area (Å²) in [6.45, 7) is 4.14. The molecule has 4 nitrogen and oxygen atoms in total. The summed E-state index contributed by atoms with van der Waals surface area (Å²) in [5, 5.41) is 3.57. The van der Waals surface area contributed by atoms with E-state index in [1.54, 1.807) is 6.92 Å². The highest BCUT2D eigenvalue weighted by Crippen LogP contribution is 2.29. The Labute approximate surface area is 135 Å². The van der Waals surface area contributed by atoms with E-state index in [4.69, 9.17) is 29.6 Å². The number of halogens is 1. The number of hydrogen-bond acceptors (Lipinski definition) is 3. The van der Waals surface area contributed by atoms with Crippen LogP contribution < -0.4 is 16.0 Å². The topological polar surface area (TPSA) is 58.4 Å². The van der Waals surface area contributed by atoms with Gasteiger partial charge >= 0.3 is 0 Å². The molecular weight excluding hydrogens is 306 g/mol. The molecule has 1 aliphatic heterocycles. The third-order valence-corrected chi connectivity index (χ3v) is 4.28. The molecule has 1 saturated heterocycles. The first kappa shape index (κ1) is 16.0. The molecule has 2 rings (SSSR count). The summed E-state index contributed by atoms with van der Waals surface area (Å²) in [7, 11) is 0. The standard InChI is InChI=1S/C15H20ClN3OS/c1-10(20)18-9-11-4-6-19(7-5-11)14-8-12(16)2-3-13(14)15(17)21/h2-3,8,11H,4-7,9H2,1H3,(H2,17,21)(H,18,20).